The van der Waals surface area contributed by atoms with Gasteiger partial charge in [-0.05, 0) is 31.3 Å². The van der Waals surface area contributed by atoms with E-state index in [1.54, 1.807) is 0 Å². The first-order valence-corrected chi connectivity index (χ1v) is 7.48. The second-order valence-corrected chi connectivity index (χ2v) is 4.69. The van der Waals surface area contributed by atoms with Gasteiger partial charge in [-0.3, -0.25) is 10.4 Å². The summed E-state index contributed by atoms with van der Waals surface area (Å²) in [5, 5.41) is 3.20. The first-order valence-electron chi connectivity index (χ1n) is 6.09. The van der Waals surface area contributed by atoms with E-state index in [1.807, 2.05) is 11.8 Å². The van der Waals surface area contributed by atoms with Crippen LogP contribution in [-0.4, -0.2) is 31.1 Å². The van der Waals surface area contributed by atoms with Crippen molar-refractivity contribution >= 4 is 17.7 Å². The Morgan fingerprint density at radius 2 is 2.00 bits per heavy atom. The number of thioether (sulfide) groups is 1. The van der Waals surface area contributed by atoms with E-state index in [0.29, 0.717) is 5.96 Å². The Kier molecular flexibility index (Phi) is 12.3. The van der Waals surface area contributed by atoms with Crippen LogP contribution in [0.5, 0.6) is 0 Å². The molecular formula is C11H26N4S. The summed E-state index contributed by atoms with van der Waals surface area (Å²) >= 11 is 1.92. The highest BCUT2D eigenvalue weighted by atomic mass is 32.2. The molecule has 16 heavy (non-hydrogen) atoms. The van der Waals surface area contributed by atoms with Crippen molar-refractivity contribution in [3.8, 4) is 0 Å². The zero-order valence-corrected chi connectivity index (χ0v) is 11.4. The largest absolute Gasteiger partial charge is 0.355 e. The second-order valence-electron chi connectivity index (χ2n) is 3.71. The Balaban J connectivity index is 3.34. The number of nitrogens with zero attached hydrogens (tertiary/aromatic N) is 1. The third-order valence-corrected chi connectivity index (χ3v) is 2.89. The molecule has 4 N–H and O–H groups in total. The summed E-state index contributed by atoms with van der Waals surface area (Å²) in [5.74, 6) is 7.34. The minimum Gasteiger partial charge on any atom is -0.355 e. The first-order chi connectivity index (χ1) is 7.85. The molecule has 0 spiro atoms. The molecule has 0 aromatic rings. The van der Waals surface area contributed by atoms with Crippen molar-refractivity contribution in [3.05, 3.63) is 0 Å². The molecule has 0 saturated heterocycles. The minimum absolute atomic E-state index is 0.714. The van der Waals surface area contributed by atoms with Gasteiger partial charge in [-0.2, -0.15) is 11.8 Å². The number of hydrazine groups is 1. The first kappa shape index (κ1) is 15.6. The van der Waals surface area contributed by atoms with E-state index >= 15 is 0 Å². The van der Waals surface area contributed by atoms with Gasteiger partial charge in [-0.1, -0.05) is 19.8 Å². The lowest BCUT2D eigenvalue weighted by Crippen LogP contribution is -2.42. The molecule has 0 aliphatic heterocycles. The minimum atomic E-state index is 0.714. The van der Waals surface area contributed by atoms with Crippen molar-refractivity contribution in [3.63, 3.8) is 0 Å². The summed E-state index contributed by atoms with van der Waals surface area (Å²) < 4.78 is 0. The van der Waals surface area contributed by atoms with Gasteiger partial charge in [0.2, 0.25) is 5.96 Å². The van der Waals surface area contributed by atoms with Crippen LogP contribution in [0.15, 0.2) is 4.99 Å². The number of nitrogens with two attached hydrogens (primary N) is 1. The topological polar surface area (TPSA) is 62.4 Å². The van der Waals surface area contributed by atoms with E-state index < -0.39 is 0 Å². The number of hydrogen-bond donors (Lipinski definition) is 3. The molecule has 0 atom stereocenters. The van der Waals surface area contributed by atoms with Gasteiger partial charge in [0.15, 0.2) is 0 Å². The van der Waals surface area contributed by atoms with Crippen molar-refractivity contribution in [2.45, 2.75) is 39.0 Å². The molecule has 0 fully saturated rings. The summed E-state index contributed by atoms with van der Waals surface area (Å²) in [5.41, 5.74) is 2.58. The maximum atomic E-state index is 5.35. The zero-order valence-electron chi connectivity index (χ0n) is 10.6. The maximum Gasteiger partial charge on any atom is 0.205 e. The van der Waals surface area contributed by atoms with Crippen molar-refractivity contribution in [2.75, 3.05) is 25.1 Å². The molecule has 0 aliphatic carbocycles. The SMILES string of the molecule is CCCN=C(NN)NCCCCCCSC. The summed E-state index contributed by atoms with van der Waals surface area (Å²) in [6.45, 7) is 3.87. The Bertz CT molecular complexity index is 173. The third-order valence-electron chi connectivity index (χ3n) is 2.20. The highest BCUT2D eigenvalue weighted by molar-refractivity contribution is 7.98. The van der Waals surface area contributed by atoms with Crippen LogP contribution < -0.4 is 16.6 Å². The summed E-state index contributed by atoms with van der Waals surface area (Å²) in [6, 6.07) is 0. The normalized spacial score (nSPS) is 11.6. The lowest BCUT2D eigenvalue weighted by molar-refractivity contribution is 0.650. The van der Waals surface area contributed by atoms with Gasteiger partial charge >= 0.3 is 0 Å². The Morgan fingerprint density at radius 3 is 2.62 bits per heavy atom. The van der Waals surface area contributed by atoms with Gasteiger partial charge in [-0.15, -0.1) is 0 Å². The van der Waals surface area contributed by atoms with Crippen LogP contribution in [0.1, 0.15) is 39.0 Å². The number of rotatable bonds is 9. The molecule has 0 aromatic carbocycles. The average molecular weight is 246 g/mol. The molecule has 5 heteroatoms. The van der Waals surface area contributed by atoms with Gasteiger partial charge in [-0.25, -0.2) is 5.84 Å². The van der Waals surface area contributed by atoms with Crippen LogP contribution in [0.3, 0.4) is 0 Å². The zero-order chi connectivity index (χ0) is 12.1. The van der Waals surface area contributed by atoms with Crippen LogP contribution in [0.25, 0.3) is 0 Å². The van der Waals surface area contributed by atoms with Crippen LogP contribution in [0.2, 0.25) is 0 Å². The van der Waals surface area contributed by atoms with Crippen LogP contribution in [-0.2, 0) is 0 Å². The van der Waals surface area contributed by atoms with E-state index in [4.69, 9.17) is 5.84 Å². The average Bonchev–Trinajstić information content (AvgIpc) is 2.32. The summed E-state index contributed by atoms with van der Waals surface area (Å²) in [4.78, 5) is 4.27. The van der Waals surface area contributed by atoms with E-state index in [0.717, 1.165) is 19.5 Å². The van der Waals surface area contributed by atoms with E-state index in [2.05, 4.69) is 28.9 Å². The van der Waals surface area contributed by atoms with Gasteiger partial charge in [0.25, 0.3) is 0 Å². The third kappa shape index (κ3) is 10.1. The van der Waals surface area contributed by atoms with E-state index in [1.165, 1.54) is 31.4 Å². The van der Waals surface area contributed by atoms with E-state index in [9.17, 15) is 0 Å². The van der Waals surface area contributed by atoms with Crippen LogP contribution >= 0.6 is 11.8 Å². The number of unbranched alkanes of at least 4 members (excludes halogenated alkanes) is 3. The molecule has 0 aliphatic rings. The number of guanidine groups is 1. The molecule has 0 radical (unpaired) electrons. The fraction of sp³-hybridized carbons (Fsp3) is 0.909. The van der Waals surface area contributed by atoms with E-state index in [-0.39, 0.29) is 0 Å². The Labute approximate surface area is 104 Å². The standard InChI is InChI=1S/C11H26N4S/c1-3-8-13-11(15-12)14-9-6-4-5-7-10-16-2/h3-10,12H2,1-2H3,(H2,13,14,15). The van der Waals surface area contributed by atoms with Crippen molar-refractivity contribution in [2.24, 2.45) is 10.8 Å². The lowest BCUT2D eigenvalue weighted by atomic mass is 10.2. The maximum absolute atomic E-state index is 5.35. The predicted octanol–water partition coefficient (Wildman–Crippen LogP) is 1.73. The highest BCUT2D eigenvalue weighted by Gasteiger charge is 1.94. The van der Waals surface area contributed by atoms with Crippen molar-refractivity contribution in [1.82, 2.24) is 10.7 Å². The summed E-state index contributed by atoms with van der Waals surface area (Å²) in [6.07, 6.45) is 8.31. The molecule has 96 valence electrons. The fourth-order valence-electron chi connectivity index (χ4n) is 1.31. The summed E-state index contributed by atoms with van der Waals surface area (Å²) in [7, 11) is 0. The molecule has 4 nitrogen and oxygen atoms in total. The van der Waals surface area contributed by atoms with Crippen LogP contribution in [0.4, 0.5) is 0 Å². The highest BCUT2D eigenvalue weighted by Crippen LogP contribution is 2.03. The Morgan fingerprint density at radius 1 is 1.25 bits per heavy atom. The smallest absolute Gasteiger partial charge is 0.205 e. The number of nitrogens with one attached hydrogen (secondary N) is 2. The second kappa shape index (κ2) is 12.6. The van der Waals surface area contributed by atoms with Gasteiger partial charge < -0.3 is 5.32 Å². The number of hydrogen-bond acceptors (Lipinski definition) is 3. The lowest BCUT2D eigenvalue weighted by Gasteiger charge is -2.08. The molecule has 0 aromatic heterocycles. The van der Waals surface area contributed by atoms with Gasteiger partial charge in [0.1, 0.15) is 0 Å². The van der Waals surface area contributed by atoms with Crippen LogP contribution in [0, 0.1) is 0 Å². The Hall–Kier alpha value is -0.420. The molecule has 0 amide bonds. The van der Waals surface area contributed by atoms with Gasteiger partial charge in [0, 0.05) is 13.1 Å². The number of aliphatic imine (C=N–C) groups is 1. The van der Waals surface area contributed by atoms with Crippen molar-refractivity contribution < 1.29 is 0 Å². The van der Waals surface area contributed by atoms with Gasteiger partial charge in [0.05, 0.1) is 0 Å². The monoisotopic (exact) mass is 246 g/mol. The molecule has 0 saturated carbocycles. The molecule has 0 unspecified atom stereocenters. The van der Waals surface area contributed by atoms with Crippen molar-refractivity contribution in [1.29, 1.82) is 0 Å². The molecule has 0 heterocycles. The fourth-order valence-corrected chi connectivity index (χ4v) is 1.80. The molecule has 0 bridgehead atoms. The predicted molar refractivity (Wildman–Crippen MR) is 74.8 cm³/mol. The quantitative estimate of drug-likeness (QED) is 0.191. The molecular weight excluding hydrogens is 220 g/mol. The molecule has 0 rings (SSSR count).